The van der Waals surface area contributed by atoms with Crippen molar-refractivity contribution in [2.45, 2.75) is 19.0 Å². The summed E-state index contributed by atoms with van der Waals surface area (Å²) in [4.78, 5) is 13.8. The topological polar surface area (TPSA) is 63.9 Å². The van der Waals surface area contributed by atoms with Gasteiger partial charge in [0.1, 0.15) is 6.33 Å². The number of rotatable bonds is 2. The van der Waals surface area contributed by atoms with Gasteiger partial charge in [-0.2, -0.15) is 13.2 Å². The van der Waals surface area contributed by atoms with Crippen LogP contribution >= 0.6 is 0 Å². The molecule has 6 nitrogen and oxygen atoms in total. The number of hydrogen-bond donors (Lipinski definition) is 0. The molecule has 23 heavy (non-hydrogen) atoms. The Kier molecular flexibility index (Phi) is 4.01. The monoisotopic (exact) mass is 325 g/mol. The number of amides is 1. The van der Waals surface area contributed by atoms with Gasteiger partial charge in [0.15, 0.2) is 0 Å². The largest absolute Gasteiger partial charge is 0.393 e. The molecule has 9 heteroatoms. The highest BCUT2D eigenvalue weighted by Crippen LogP contribution is 2.33. The zero-order valence-corrected chi connectivity index (χ0v) is 12.1. The fourth-order valence-corrected chi connectivity index (χ4v) is 2.67. The molecule has 1 aliphatic heterocycles. The molecule has 0 bridgehead atoms. The van der Waals surface area contributed by atoms with E-state index in [1.807, 2.05) is 0 Å². The van der Waals surface area contributed by atoms with Crippen LogP contribution in [-0.2, 0) is 0 Å². The summed E-state index contributed by atoms with van der Waals surface area (Å²) < 4.78 is 40.0. The van der Waals surface area contributed by atoms with Gasteiger partial charge >= 0.3 is 6.18 Å². The SMILES string of the molecule is O=C(c1cccc(-n2cnnn2)c1)N1CCC[C@@H](C(F)(F)F)C1. The van der Waals surface area contributed by atoms with Crippen LogP contribution in [-0.4, -0.2) is 50.3 Å². The van der Waals surface area contributed by atoms with Crippen molar-refractivity contribution in [3.05, 3.63) is 36.2 Å². The molecule has 1 aromatic heterocycles. The maximum absolute atomic E-state index is 12.9. The molecule has 2 aromatic rings. The smallest absolute Gasteiger partial charge is 0.338 e. The number of likely N-dealkylation sites (tertiary alicyclic amines) is 1. The summed E-state index contributed by atoms with van der Waals surface area (Å²) in [5.41, 5.74) is 0.894. The molecule has 0 N–H and O–H groups in total. The van der Waals surface area contributed by atoms with E-state index in [9.17, 15) is 18.0 Å². The molecule has 2 heterocycles. The first-order chi connectivity index (χ1) is 10.9. The van der Waals surface area contributed by atoms with Crippen LogP contribution in [0, 0.1) is 5.92 Å². The van der Waals surface area contributed by atoms with Crippen molar-refractivity contribution in [2.75, 3.05) is 13.1 Å². The van der Waals surface area contributed by atoms with E-state index in [-0.39, 0.29) is 13.0 Å². The minimum absolute atomic E-state index is 0.0674. The van der Waals surface area contributed by atoms with Crippen molar-refractivity contribution in [2.24, 2.45) is 5.92 Å². The molecule has 0 aliphatic carbocycles. The van der Waals surface area contributed by atoms with Gasteiger partial charge in [-0.3, -0.25) is 4.79 Å². The quantitative estimate of drug-likeness (QED) is 0.848. The van der Waals surface area contributed by atoms with Crippen molar-refractivity contribution in [1.29, 1.82) is 0 Å². The highest BCUT2D eigenvalue weighted by molar-refractivity contribution is 5.94. The molecular weight excluding hydrogens is 311 g/mol. The molecular formula is C14H14F3N5O. The lowest BCUT2D eigenvalue weighted by Gasteiger charge is -2.33. The van der Waals surface area contributed by atoms with E-state index in [4.69, 9.17) is 0 Å². The molecule has 1 saturated heterocycles. The minimum Gasteiger partial charge on any atom is -0.338 e. The molecule has 1 aliphatic rings. The van der Waals surface area contributed by atoms with Crippen LogP contribution in [0.5, 0.6) is 0 Å². The predicted octanol–water partition coefficient (Wildman–Crippen LogP) is 2.08. The molecule has 1 fully saturated rings. The maximum atomic E-state index is 12.9. The first-order valence-corrected chi connectivity index (χ1v) is 7.14. The standard InChI is InChI=1S/C14H14F3N5O/c15-14(16,17)11-4-2-6-21(8-11)13(23)10-3-1-5-12(7-10)22-9-18-19-20-22/h1,3,5,7,9,11H,2,4,6,8H2/t11-/m1/s1. The first-order valence-electron chi connectivity index (χ1n) is 7.14. The number of aromatic nitrogens is 4. The lowest BCUT2D eigenvalue weighted by molar-refractivity contribution is -0.184. The summed E-state index contributed by atoms with van der Waals surface area (Å²) in [6.07, 6.45) is -2.47. The van der Waals surface area contributed by atoms with Crippen LogP contribution in [0.3, 0.4) is 0 Å². The highest BCUT2D eigenvalue weighted by atomic mass is 19.4. The number of hydrogen-bond acceptors (Lipinski definition) is 4. The lowest BCUT2D eigenvalue weighted by atomic mass is 9.97. The second kappa shape index (κ2) is 5.98. The third-order valence-electron chi connectivity index (χ3n) is 3.88. The molecule has 1 atom stereocenters. The van der Waals surface area contributed by atoms with Gasteiger partial charge in [0.2, 0.25) is 0 Å². The molecule has 0 spiro atoms. The Morgan fingerprint density at radius 1 is 1.30 bits per heavy atom. The average molecular weight is 325 g/mol. The van der Waals surface area contributed by atoms with Gasteiger partial charge in [0, 0.05) is 18.7 Å². The average Bonchev–Trinajstić information content (AvgIpc) is 3.08. The number of benzene rings is 1. The second-order valence-electron chi connectivity index (χ2n) is 5.44. The number of halogens is 3. The Hall–Kier alpha value is -2.45. The van der Waals surface area contributed by atoms with E-state index in [0.717, 1.165) is 0 Å². The fourth-order valence-electron chi connectivity index (χ4n) is 2.67. The molecule has 1 amide bonds. The van der Waals surface area contributed by atoms with Gasteiger partial charge in [-0.05, 0) is 41.5 Å². The number of nitrogens with zero attached hydrogens (tertiary/aromatic N) is 5. The molecule has 0 radical (unpaired) electrons. The molecule has 3 rings (SSSR count). The van der Waals surface area contributed by atoms with Gasteiger partial charge < -0.3 is 4.90 Å². The first kappa shape index (κ1) is 15.4. The van der Waals surface area contributed by atoms with Gasteiger partial charge in [0.05, 0.1) is 11.6 Å². The van der Waals surface area contributed by atoms with Crippen LogP contribution in [0.15, 0.2) is 30.6 Å². The van der Waals surface area contributed by atoms with Gasteiger partial charge in [-0.1, -0.05) is 6.07 Å². The summed E-state index contributed by atoms with van der Waals surface area (Å²) in [5, 5.41) is 10.7. The van der Waals surface area contributed by atoms with Crippen LogP contribution < -0.4 is 0 Å². The normalized spacial score (nSPS) is 18.9. The lowest BCUT2D eigenvalue weighted by Crippen LogP contribution is -2.44. The minimum atomic E-state index is -4.27. The van der Waals surface area contributed by atoms with E-state index >= 15 is 0 Å². The highest BCUT2D eigenvalue weighted by Gasteiger charge is 2.42. The van der Waals surface area contributed by atoms with Crippen LogP contribution in [0.25, 0.3) is 5.69 Å². The summed E-state index contributed by atoms with van der Waals surface area (Å²) in [6.45, 7) is 0.0396. The summed E-state index contributed by atoms with van der Waals surface area (Å²) in [6, 6.07) is 6.50. The van der Waals surface area contributed by atoms with Crippen molar-refractivity contribution in [1.82, 2.24) is 25.1 Å². The molecule has 0 unspecified atom stereocenters. The number of carbonyl (C=O) groups excluding carboxylic acids is 1. The Balaban J connectivity index is 1.79. The summed E-state index contributed by atoms with van der Waals surface area (Å²) >= 11 is 0. The third-order valence-corrected chi connectivity index (χ3v) is 3.88. The van der Waals surface area contributed by atoms with Gasteiger partial charge in [0.25, 0.3) is 5.91 Å². The van der Waals surface area contributed by atoms with Crippen molar-refractivity contribution in [3.63, 3.8) is 0 Å². The molecule has 0 saturated carbocycles. The Morgan fingerprint density at radius 2 is 2.13 bits per heavy atom. The summed E-state index contributed by atoms with van der Waals surface area (Å²) in [5.74, 6) is -1.86. The van der Waals surface area contributed by atoms with E-state index in [1.165, 1.54) is 15.9 Å². The zero-order chi connectivity index (χ0) is 16.4. The Morgan fingerprint density at radius 3 is 2.83 bits per heavy atom. The van der Waals surface area contributed by atoms with Crippen molar-refractivity contribution < 1.29 is 18.0 Å². The summed E-state index contributed by atoms with van der Waals surface area (Å²) in [7, 11) is 0. The Bertz CT molecular complexity index is 686. The number of tetrazole rings is 1. The molecule has 122 valence electrons. The van der Waals surface area contributed by atoms with Gasteiger partial charge in [-0.15, -0.1) is 5.10 Å². The number of piperidine rings is 1. The van der Waals surface area contributed by atoms with Crippen molar-refractivity contribution in [3.8, 4) is 5.69 Å². The maximum Gasteiger partial charge on any atom is 0.393 e. The third kappa shape index (κ3) is 3.33. The van der Waals surface area contributed by atoms with Crippen LogP contribution in [0.2, 0.25) is 0 Å². The van der Waals surface area contributed by atoms with Crippen LogP contribution in [0.1, 0.15) is 23.2 Å². The number of alkyl halides is 3. The Labute approximate surface area is 129 Å². The van der Waals surface area contributed by atoms with Crippen molar-refractivity contribution >= 4 is 5.91 Å². The van der Waals surface area contributed by atoms with Gasteiger partial charge in [-0.25, -0.2) is 4.68 Å². The van der Waals surface area contributed by atoms with E-state index in [0.29, 0.717) is 24.2 Å². The predicted molar refractivity (Wildman–Crippen MR) is 73.8 cm³/mol. The number of carbonyl (C=O) groups is 1. The van der Waals surface area contributed by atoms with E-state index in [1.54, 1.807) is 24.3 Å². The van der Waals surface area contributed by atoms with E-state index < -0.39 is 18.0 Å². The van der Waals surface area contributed by atoms with Crippen LogP contribution in [0.4, 0.5) is 13.2 Å². The zero-order valence-electron chi connectivity index (χ0n) is 12.1. The van der Waals surface area contributed by atoms with E-state index in [2.05, 4.69) is 15.5 Å². The molecule has 1 aromatic carbocycles. The second-order valence-corrected chi connectivity index (χ2v) is 5.44. The fraction of sp³-hybridized carbons (Fsp3) is 0.429.